The number of halogens is 2. The molecule has 0 spiro atoms. The van der Waals surface area contributed by atoms with E-state index in [0.717, 1.165) is 6.07 Å². The van der Waals surface area contributed by atoms with Crippen molar-refractivity contribution < 1.29 is 13.2 Å². The largest absolute Gasteiger partial charge is 0.467 e. The number of nitrogens with one attached hydrogen (secondary N) is 1. The van der Waals surface area contributed by atoms with E-state index in [1.807, 2.05) is 0 Å². The highest BCUT2D eigenvalue weighted by molar-refractivity contribution is 5.66. The van der Waals surface area contributed by atoms with Crippen LogP contribution in [0.1, 0.15) is 18.6 Å². The lowest BCUT2D eigenvalue weighted by Gasteiger charge is -2.05. The summed E-state index contributed by atoms with van der Waals surface area (Å²) < 4.78 is 31.9. The van der Waals surface area contributed by atoms with Crippen LogP contribution in [0.15, 0.2) is 34.9 Å². The standard InChI is InChI=1S/C14H13F2NO/c15-9-1-4-11(13(16)7-9)12-5-6-18-14(12)8-17-10-2-3-10/h1,4-7,10,17H,2-3,8H2. The minimum atomic E-state index is -0.572. The van der Waals surface area contributed by atoms with Gasteiger partial charge in [-0.15, -0.1) is 0 Å². The van der Waals surface area contributed by atoms with Gasteiger partial charge in [-0.05, 0) is 31.0 Å². The molecule has 0 atom stereocenters. The fraction of sp³-hybridized carbons (Fsp3) is 0.286. The van der Waals surface area contributed by atoms with Crippen molar-refractivity contribution in [1.29, 1.82) is 0 Å². The summed E-state index contributed by atoms with van der Waals surface area (Å²) in [6, 6.07) is 5.85. The third kappa shape index (κ3) is 2.29. The van der Waals surface area contributed by atoms with Crippen molar-refractivity contribution >= 4 is 0 Å². The first-order chi connectivity index (χ1) is 8.74. The predicted molar refractivity (Wildman–Crippen MR) is 63.9 cm³/mol. The van der Waals surface area contributed by atoms with Crippen LogP contribution >= 0.6 is 0 Å². The molecule has 2 nitrogen and oxygen atoms in total. The molecule has 4 heteroatoms. The SMILES string of the molecule is Fc1ccc(-c2ccoc2CNC2CC2)c(F)c1. The van der Waals surface area contributed by atoms with Crippen molar-refractivity contribution in [3.8, 4) is 11.1 Å². The van der Waals surface area contributed by atoms with Crippen molar-refractivity contribution in [3.05, 3.63) is 47.9 Å². The van der Waals surface area contributed by atoms with E-state index in [1.54, 1.807) is 6.07 Å². The summed E-state index contributed by atoms with van der Waals surface area (Å²) in [6.07, 6.45) is 3.89. The molecular formula is C14H13F2NO. The molecule has 94 valence electrons. The molecule has 3 rings (SSSR count). The Kier molecular flexibility index (Phi) is 2.88. The molecule has 1 heterocycles. The molecule has 1 fully saturated rings. The van der Waals surface area contributed by atoms with E-state index < -0.39 is 11.6 Å². The summed E-state index contributed by atoms with van der Waals surface area (Å²) >= 11 is 0. The molecule has 1 aliphatic rings. The Morgan fingerprint density at radius 1 is 1.17 bits per heavy atom. The first kappa shape index (κ1) is 11.4. The lowest BCUT2D eigenvalue weighted by Crippen LogP contribution is -2.15. The molecule has 0 saturated heterocycles. The summed E-state index contributed by atoms with van der Waals surface area (Å²) in [6.45, 7) is 0.573. The Hall–Kier alpha value is -1.68. The van der Waals surface area contributed by atoms with Crippen LogP contribution in [0.3, 0.4) is 0 Å². The quantitative estimate of drug-likeness (QED) is 0.897. The van der Waals surface area contributed by atoms with E-state index in [9.17, 15) is 8.78 Å². The number of hydrogen-bond acceptors (Lipinski definition) is 2. The molecule has 0 bridgehead atoms. The van der Waals surface area contributed by atoms with Crippen LogP contribution in [0.5, 0.6) is 0 Å². The number of furan rings is 1. The molecule has 1 aromatic heterocycles. The van der Waals surface area contributed by atoms with Gasteiger partial charge in [-0.3, -0.25) is 0 Å². The minimum Gasteiger partial charge on any atom is -0.467 e. The van der Waals surface area contributed by atoms with Gasteiger partial charge in [0.1, 0.15) is 17.4 Å². The van der Waals surface area contributed by atoms with E-state index >= 15 is 0 Å². The van der Waals surface area contributed by atoms with Crippen LogP contribution < -0.4 is 5.32 Å². The molecule has 0 amide bonds. The second-order valence-corrected chi connectivity index (χ2v) is 4.54. The van der Waals surface area contributed by atoms with Crippen LogP contribution in [-0.2, 0) is 6.54 Å². The van der Waals surface area contributed by atoms with Crippen molar-refractivity contribution in [2.45, 2.75) is 25.4 Å². The van der Waals surface area contributed by atoms with Crippen LogP contribution in [0.4, 0.5) is 8.78 Å². The molecule has 2 aromatic rings. The Balaban J connectivity index is 1.88. The summed E-state index contributed by atoms with van der Waals surface area (Å²) in [5.41, 5.74) is 1.05. The molecule has 0 aliphatic heterocycles. The van der Waals surface area contributed by atoms with Crippen molar-refractivity contribution in [2.24, 2.45) is 0 Å². The van der Waals surface area contributed by atoms with E-state index in [2.05, 4.69) is 5.32 Å². The molecule has 1 aromatic carbocycles. The fourth-order valence-corrected chi connectivity index (χ4v) is 1.95. The second-order valence-electron chi connectivity index (χ2n) is 4.54. The van der Waals surface area contributed by atoms with E-state index in [1.165, 1.54) is 31.2 Å². The van der Waals surface area contributed by atoms with Crippen LogP contribution in [0.2, 0.25) is 0 Å². The molecule has 1 saturated carbocycles. The second kappa shape index (κ2) is 4.53. The van der Waals surface area contributed by atoms with E-state index in [4.69, 9.17) is 4.42 Å². The van der Waals surface area contributed by atoms with Gasteiger partial charge in [-0.1, -0.05) is 0 Å². The lowest BCUT2D eigenvalue weighted by atomic mass is 10.1. The molecule has 18 heavy (non-hydrogen) atoms. The average Bonchev–Trinajstić information content (AvgIpc) is 3.06. The maximum Gasteiger partial charge on any atom is 0.134 e. The highest BCUT2D eigenvalue weighted by Crippen LogP contribution is 2.28. The van der Waals surface area contributed by atoms with E-state index in [0.29, 0.717) is 29.5 Å². The monoisotopic (exact) mass is 249 g/mol. The third-order valence-corrected chi connectivity index (χ3v) is 3.10. The highest BCUT2D eigenvalue weighted by atomic mass is 19.1. The van der Waals surface area contributed by atoms with Crippen LogP contribution in [0, 0.1) is 11.6 Å². The normalized spacial score (nSPS) is 15.0. The van der Waals surface area contributed by atoms with Gasteiger partial charge in [0.25, 0.3) is 0 Å². The molecule has 1 aliphatic carbocycles. The predicted octanol–water partition coefficient (Wildman–Crippen LogP) is 3.48. The van der Waals surface area contributed by atoms with Crippen LogP contribution in [0.25, 0.3) is 11.1 Å². The average molecular weight is 249 g/mol. The zero-order chi connectivity index (χ0) is 12.5. The highest BCUT2D eigenvalue weighted by Gasteiger charge is 2.22. The first-order valence-electron chi connectivity index (χ1n) is 5.99. The molecule has 0 radical (unpaired) electrons. The van der Waals surface area contributed by atoms with Crippen molar-refractivity contribution in [1.82, 2.24) is 5.32 Å². The Morgan fingerprint density at radius 2 is 2.00 bits per heavy atom. The minimum absolute atomic E-state index is 0.373. The zero-order valence-electron chi connectivity index (χ0n) is 9.75. The van der Waals surface area contributed by atoms with Gasteiger partial charge < -0.3 is 9.73 Å². The van der Waals surface area contributed by atoms with Gasteiger partial charge in [0.05, 0.1) is 12.8 Å². The topological polar surface area (TPSA) is 25.2 Å². The van der Waals surface area contributed by atoms with Gasteiger partial charge in [-0.2, -0.15) is 0 Å². The zero-order valence-corrected chi connectivity index (χ0v) is 9.75. The number of rotatable bonds is 4. The van der Waals surface area contributed by atoms with Crippen molar-refractivity contribution in [2.75, 3.05) is 0 Å². The van der Waals surface area contributed by atoms with Gasteiger partial charge in [0.2, 0.25) is 0 Å². The van der Waals surface area contributed by atoms with E-state index in [-0.39, 0.29) is 0 Å². The smallest absolute Gasteiger partial charge is 0.134 e. The fourth-order valence-electron chi connectivity index (χ4n) is 1.95. The summed E-state index contributed by atoms with van der Waals surface area (Å²) in [5.74, 6) is -0.450. The maximum atomic E-state index is 13.7. The van der Waals surface area contributed by atoms with Gasteiger partial charge in [-0.25, -0.2) is 8.78 Å². The molecule has 1 N–H and O–H groups in total. The Labute approximate surface area is 104 Å². The van der Waals surface area contributed by atoms with Gasteiger partial charge in [0.15, 0.2) is 0 Å². The lowest BCUT2D eigenvalue weighted by molar-refractivity contribution is 0.483. The maximum absolute atomic E-state index is 13.7. The summed E-state index contributed by atoms with van der Waals surface area (Å²) in [5, 5.41) is 3.31. The summed E-state index contributed by atoms with van der Waals surface area (Å²) in [4.78, 5) is 0. The molecule has 0 unspecified atom stereocenters. The van der Waals surface area contributed by atoms with Gasteiger partial charge >= 0.3 is 0 Å². The van der Waals surface area contributed by atoms with Gasteiger partial charge in [0, 0.05) is 23.2 Å². The third-order valence-electron chi connectivity index (χ3n) is 3.10. The van der Waals surface area contributed by atoms with Crippen molar-refractivity contribution in [3.63, 3.8) is 0 Å². The Bertz CT molecular complexity index is 561. The van der Waals surface area contributed by atoms with Crippen LogP contribution in [-0.4, -0.2) is 6.04 Å². The molecular weight excluding hydrogens is 236 g/mol. The number of hydrogen-bond donors (Lipinski definition) is 1. The summed E-state index contributed by atoms with van der Waals surface area (Å²) in [7, 11) is 0. The first-order valence-corrected chi connectivity index (χ1v) is 5.99. The Morgan fingerprint density at radius 3 is 2.72 bits per heavy atom. The number of benzene rings is 1.